The summed E-state index contributed by atoms with van der Waals surface area (Å²) in [6.07, 6.45) is 2.97. The fourth-order valence-corrected chi connectivity index (χ4v) is 1.84. The van der Waals surface area contributed by atoms with Gasteiger partial charge in [-0.2, -0.15) is 0 Å². The number of amides is 1. The maximum atomic E-state index is 12.3. The van der Waals surface area contributed by atoms with Crippen LogP contribution >= 0.6 is 11.6 Å². The predicted octanol–water partition coefficient (Wildman–Crippen LogP) is 3.05. The zero-order valence-electron chi connectivity index (χ0n) is 10.7. The third kappa shape index (κ3) is 3.09. The molecule has 1 aromatic carbocycles. The van der Waals surface area contributed by atoms with E-state index in [1.54, 1.807) is 24.4 Å². The van der Waals surface area contributed by atoms with Crippen LogP contribution in [0.5, 0.6) is 0 Å². The Bertz CT molecular complexity index is 584. The Balaban J connectivity index is 2.22. The van der Waals surface area contributed by atoms with Crippen LogP contribution < -0.4 is 5.32 Å². The third-order valence-electron chi connectivity index (χ3n) is 2.94. The van der Waals surface area contributed by atoms with Crippen molar-refractivity contribution in [2.75, 3.05) is 5.32 Å². The normalized spacial score (nSPS) is 11.1. The number of carbonyl (C=O) groups is 1. The van der Waals surface area contributed by atoms with Crippen molar-refractivity contribution in [2.24, 2.45) is 0 Å². The Morgan fingerprint density at radius 2 is 2.11 bits per heavy atom. The van der Waals surface area contributed by atoms with Crippen LogP contribution in [-0.4, -0.2) is 15.9 Å². The fourth-order valence-electron chi connectivity index (χ4n) is 1.65. The molecule has 0 aliphatic rings. The number of nitrogens with zero attached hydrogens (tertiary/aromatic N) is 2. The third-order valence-corrected chi connectivity index (χ3v) is 3.17. The molecule has 4 nitrogen and oxygen atoms in total. The summed E-state index contributed by atoms with van der Waals surface area (Å²) in [5.41, 5.74) is 0.155. The van der Waals surface area contributed by atoms with Gasteiger partial charge < -0.3 is 5.32 Å². The molecule has 0 radical (unpaired) electrons. The molecule has 0 unspecified atom stereocenters. The zero-order chi connectivity index (χ0) is 13.9. The van der Waals surface area contributed by atoms with Crippen LogP contribution in [0.25, 0.3) is 0 Å². The Kier molecular flexibility index (Phi) is 3.81. The van der Waals surface area contributed by atoms with Gasteiger partial charge in [0.25, 0.3) is 0 Å². The van der Waals surface area contributed by atoms with Crippen molar-refractivity contribution >= 4 is 23.3 Å². The maximum absolute atomic E-state index is 12.3. The van der Waals surface area contributed by atoms with Gasteiger partial charge in [-0.3, -0.25) is 4.79 Å². The molecule has 0 bridgehead atoms. The van der Waals surface area contributed by atoms with Gasteiger partial charge in [-0.05, 0) is 37.6 Å². The molecular formula is C14H14ClN3O. The second-order valence-electron chi connectivity index (χ2n) is 4.68. The van der Waals surface area contributed by atoms with Gasteiger partial charge >= 0.3 is 0 Å². The fraction of sp³-hybridized carbons (Fsp3) is 0.214. The molecule has 0 saturated heterocycles. The number of halogens is 1. The van der Waals surface area contributed by atoms with Crippen LogP contribution in [0.3, 0.4) is 0 Å². The largest absolute Gasteiger partial charge is 0.310 e. The van der Waals surface area contributed by atoms with E-state index in [1.165, 1.54) is 6.33 Å². The summed E-state index contributed by atoms with van der Waals surface area (Å²) in [6.45, 7) is 3.68. The minimum Gasteiger partial charge on any atom is -0.310 e. The van der Waals surface area contributed by atoms with Crippen LogP contribution in [0, 0.1) is 0 Å². The van der Waals surface area contributed by atoms with Gasteiger partial charge in [-0.15, -0.1) is 0 Å². The lowest BCUT2D eigenvalue weighted by molar-refractivity contribution is -0.120. The molecule has 0 saturated carbocycles. The van der Waals surface area contributed by atoms with Crippen molar-refractivity contribution in [1.82, 2.24) is 9.97 Å². The summed E-state index contributed by atoms with van der Waals surface area (Å²) in [5, 5.41) is 3.38. The van der Waals surface area contributed by atoms with Crippen molar-refractivity contribution in [1.29, 1.82) is 0 Å². The highest BCUT2D eigenvalue weighted by Crippen LogP contribution is 2.26. The highest BCUT2D eigenvalue weighted by Gasteiger charge is 2.30. The zero-order valence-corrected chi connectivity index (χ0v) is 11.5. The molecule has 1 amide bonds. The molecule has 2 aromatic rings. The summed E-state index contributed by atoms with van der Waals surface area (Å²) < 4.78 is 0. The molecule has 1 N–H and O–H groups in total. The molecule has 5 heteroatoms. The Hall–Kier alpha value is -1.94. The molecule has 19 heavy (non-hydrogen) atoms. The van der Waals surface area contributed by atoms with Crippen molar-refractivity contribution in [3.05, 3.63) is 53.4 Å². The topological polar surface area (TPSA) is 54.9 Å². The molecule has 0 atom stereocenters. The summed E-state index contributed by atoms with van der Waals surface area (Å²) >= 11 is 5.96. The second-order valence-corrected chi connectivity index (χ2v) is 5.12. The Morgan fingerprint density at radius 3 is 2.74 bits per heavy atom. The average Bonchev–Trinajstić information content (AvgIpc) is 2.40. The molecule has 0 spiro atoms. The van der Waals surface area contributed by atoms with E-state index in [2.05, 4.69) is 15.3 Å². The van der Waals surface area contributed by atoms with Gasteiger partial charge in [0.1, 0.15) is 12.1 Å². The van der Waals surface area contributed by atoms with E-state index in [1.807, 2.05) is 26.0 Å². The van der Waals surface area contributed by atoms with Gasteiger partial charge in [0.15, 0.2) is 0 Å². The highest BCUT2D eigenvalue weighted by atomic mass is 35.5. The first-order chi connectivity index (χ1) is 9.00. The van der Waals surface area contributed by atoms with Crippen molar-refractivity contribution in [2.45, 2.75) is 19.3 Å². The van der Waals surface area contributed by atoms with Crippen LogP contribution in [0.15, 0.2) is 42.9 Å². The molecule has 1 heterocycles. The first-order valence-corrected chi connectivity index (χ1v) is 6.21. The average molecular weight is 276 g/mol. The molecule has 98 valence electrons. The van der Waals surface area contributed by atoms with E-state index in [0.717, 1.165) is 5.56 Å². The smallest absolute Gasteiger partial charge is 0.235 e. The number of hydrogen-bond donors (Lipinski definition) is 1. The maximum Gasteiger partial charge on any atom is 0.235 e. The molecule has 0 fully saturated rings. The number of rotatable bonds is 3. The Labute approximate surface area is 116 Å². The van der Waals surface area contributed by atoms with Crippen molar-refractivity contribution < 1.29 is 4.79 Å². The first-order valence-electron chi connectivity index (χ1n) is 5.83. The summed E-state index contributed by atoms with van der Waals surface area (Å²) in [7, 11) is 0. The summed E-state index contributed by atoms with van der Waals surface area (Å²) in [6, 6.07) is 8.93. The second kappa shape index (κ2) is 5.36. The van der Waals surface area contributed by atoms with E-state index >= 15 is 0 Å². The lowest BCUT2D eigenvalue weighted by Gasteiger charge is -2.24. The first kappa shape index (κ1) is 13.5. The van der Waals surface area contributed by atoms with Crippen LogP contribution in [-0.2, 0) is 10.2 Å². The Morgan fingerprint density at radius 1 is 1.32 bits per heavy atom. The minimum absolute atomic E-state index is 0.145. The lowest BCUT2D eigenvalue weighted by Crippen LogP contribution is -2.35. The minimum atomic E-state index is -0.699. The van der Waals surface area contributed by atoms with Crippen LogP contribution in [0.2, 0.25) is 5.02 Å². The molecule has 0 aliphatic carbocycles. The number of hydrogen-bond acceptors (Lipinski definition) is 3. The molecule has 0 aliphatic heterocycles. The van der Waals surface area contributed by atoms with E-state index in [4.69, 9.17) is 11.6 Å². The summed E-state index contributed by atoms with van der Waals surface area (Å²) in [5.74, 6) is 0.337. The lowest BCUT2D eigenvalue weighted by atomic mass is 9.84. The highest BCUT2D eigenvalue weighted by molar-refractivity contribution is 6.30. The van der Waals surface area contributed by atoms with Gasteiger partial charge in [-0.1, -0.05) is 23.7 Å². The van der Waals surface area contributed by atoms with Crippen LogP contribution in [0.4, 0.5) is 5.82 Å². The quantitative estimate of drug-likeness (QED) is 0.937. The number of carbonyl (C=O) groups excluding carboxylic acids is 1. The van der Waals surface area contributed by atoms with E-state index in [0.29, 0.717) is 10.8 Å². The van der Waals surface area contributed by atoms with Gasteiger partial charge in [0, 0.05) is 11.2 Å². The van der Waals surface area contributed by atoms with Crippen molar-refractivity contribution in [3.8, 4) is 0 Å². The number of anilines is 1. The summed E-state index contributed by atoms with van der Waals surface area (Å²) in [4.78, 5) is 20.1. The SMILES string of the molecule is CC(C)(C(=O)Nc1ccncn1)c1cccc(Cl)c1. The predicted molar refractivity (Wildman–Crippen MR) is 75.1 cm³/mol. The molecule has 1 aromatic heterocycles. The van der Waals surface area contributed by atoms with Gasteiger partial charge in [0.2, 0.25) is 5.91 Å². The van der Waals surface area contributed by atoms with Crippen LogP contribution in [0.1, 0.15) is 19.4 Å². The monoisotopic (exact) mass is 275 g/mol. The van der Waals surface area contributed by atoms with Gasteiger partial charge in [-0.25, -0.2) is 9.97 Å². The van der Waals surface area contributed by atoms with E-state index in [9.17, 15) is 4.79 Å². The molecule has 2 rings (SSSR count). The standard InChI is InChI=1S/C14H14ClN3O/c1-14(2,10-4-3-5-11(15)8-10)13(19)18-12-6-7-16-9-17-12/h3-9H,1-2H3,(H,16,17,18,19). The number of aromatic nitrogens is 2. The van der Waals surface area contributed by atoms with Gasteiger partial charge in [0.05, 0.1) is 5.41 Å². The molecular weight excluding hydrogens is 262 g/mol. The van der Waals surface area contributed by atoms with E-state index < -0.39 is 5.41 Å². The number of nitrogens with one attached hydrogen (secondary N) is 1. The van der Waals surface area contributed by atoms with Crippen molar-refractivity contribution in [3.63, 3.8) is 0 Å². The van der Waals surface area contributed by atoms with E-state index in [-0.39, 0.29) is 5.91 Å². The number of benzene rings is 1.